The first-order valence-electron chi connectivity index (χ1n) is 26.7. The van der Waals surface area contributed by atoms with E-state index < -0.39 is 6.10 Å². The Hall–Kier alpha value is -3.67. The summed E-state index contributed by atoms with van der Waals surface area (Å²) in [4.78, 5) is 38.0. The molecule has 0 aliphatic rings. The van der Waals surface area contributed by atoms with Crippen LogP contribution in [0, 0.1) is 0 Å². The molecule has 0 amide bonds. The molecule has 370 valence electrons. The van der Waals surface area contributed by atoms with E-state index in [1.807, 2.05) is 0 Å². The molecule has 0 aromatic carbocycles. The second-order valence-electron chi connectivity index (χ2n) is 17.4. The molecule has 0 spiro atoms. The molecule has 0 aliphatic heterocycles. The van der Waals surface area contributed by atoms with Crippen LogP contribution in [-0.4, -0.2) is 37.2 Å². The fraction of sp³-hybridized carbons (Fsp3) is 0.678. The molecule has 0 aromatic rings. The average Bonchev–Trinajstić information content (AvgIpc) is 3.30. The highest BCUT2D eigenvalue weighted by Crippen LogP contribution is 2.13. The van der Waals surface area contributed by atoms with Crippen LogP contribution in [0.15, 0.2) is 97.2 Å². The van der Waals surface area contributed by atoms with Crippen LogP contribution in [0.5, 0.6) is 0 Å². The van der Waals surface area contributed by atoms with Gasteiger partial charge in [0.05, 0.1) is 0 Å². The van der Waals surface area contributed by atoms with Crippen LogP contribution < -0.4 is 0 Å². The Morgan fingerprint density at radius 3 is 0.938 bits per heavy atom. The first kappa shape index (κ1) is 61.3. The van der Waals surface area contributed by atoms with Crippen molar-refractivity contribution in [1.82, 2.24) is 0 Å². The number of carbonyl (C=O) groups excluding carboxylic acids is 3. The van der Waals surface area contributed by atoms with E-state index in [9.17, 15) is 14.4 Å². The summed E-state index contributed by atoms with van der Waals surface area (Å²) in [6, 6.07) is 0. The lowest BCUT2D eigenvalue weighted by Crippen LogP contribution is -2.30. The molecule has 0 aromatic heterocycles. The third kappa shape index (κ3) is 51.2. The maximum Gasteiger partial charge on any atom is 0.306 e. The lowest BCUT2D eigenvalue weighted by Gasteiger charge is -2.18. The Bertz CT molecular complexity index is 1250. The van der Waals surface area contributed by atoms with Crippen molar-refractivity contribution >= 4 is 17.9 Å². The number of allylic oxidation sites excluding steroid dienone is 16. The largest absolute Gasteiger partial charge is 0.462 e. The van der Waals surface area contributed by atoms with Gasteiger partial charge in [0, 0.05) is 19.3 Å². The molecule has 0 rings (SSSR count). The van der Waals surface area contributed by atoms with Crippen molar-refractivity contribution in [2.75, 3.05) is 13.2 Å². The van der Waals surface area contributed by atoms with Gasteiger partial charge in [0.2, 0.25) is 0 Å². The van der Waals surface area contributed by atoms with Crippen molar-refractivity contribution in [3.05, 3.63) is 97.2 Å². The molecular weight excluding hydrogens is 805 g/mol. The molecule has 0 heterocycles. The summed E-state index contributed by atoms with van der Waals surface area (Å²) in [7, 11) is 0. The fourth-order valence-electron chi connectivity index (χ4n) is 7.02. The quantitative estimate of drug-likeness (QED) is 0.0262. The Morgan fingerprint density at radius 1 is 0.323 bits per heavy atom. The molecular formula is C59H98O6. The third-order valence-electron chi connectivity index (χ3n) is 11.0. The van der Waals surface area contributed by atoms with Gasteiger partial charge in [-0.2, -0.15) is 0 Å². The van der Waals surface area contributed by atoms with Gasteiger partial charge in [-0.05, 0) is 122 Å². The number of esters is 3. The van der Waals surface area contributed by atoms with Crippen LogP contribution in [0.2, 0.25) is 0 Å². The molecule has 0 bridgehead atoms. The number of unbranched alkanes of at least 4 members (excludes halogenated alkanes) is 20. The average molecular weight is 903 g/mol. The normalized spacial score (nSPS) is 12.4. The van der Waals surface area contributed by atoms with Gasteiger partial charge in [-0.15, -0.1) is 0 Å². The summed E-state index contributed by atoms with van der Waals surface area (Å²) in [6.45, 7) is 6.42. The summed E-state index contributed by atoms with van der Waals surface area (Å²) in [5.41, 5.74) is 0. The minimum absolute atomic E-state index is 0.101. The monoisotopic (exact) mass is 903 g/mol. The van der Waals surface area contributed by atoms with Gasteiger partial charge >= 0.3 is 17.9 Å². The molecule has 6 heteroatoms. The van der Waals surface area contributed by atoms with Gasteiger partial charge in [-0.25, -0.2) is 0 Å². The minimum atomic E-state index is -0.803. The van der Waals surface area contributed by atoms with Crippen molar-refractivity contribution in [3.8, 4) is 0 Å². The van der Waals surface area contributed by atoms with E-state index in [2.05, 4.69) is 118 Å². The van der Waals surface area contributed by atoms with Crippen LogP contribution in [0.4, 0.5) is 0 Å². The summed E-state index contributed by atoms with van der Waals surface area (Å²) in [6.07, 6.45) is 69.5. The predicted molar refractivity (Wildman–Crippen MR) is 279 cm³/mol. The highest BCUT2D eigenvalue weighted by molar-refractivity contribution is 5.71. The lowest BCUT2D eigenvalue weighted by molar-refractivity contribution is -0.167. The standard InChI is InChI=1S/C59H98O6/c1-4-7-10-13-16-19-22-25-28-29-32-35-38-41-44-47-50-53-59(62)65-56(54-63-57(60)51-48-45-42-39-36-33-30-26-23-20-17-14-11-8-5-2)55-64-58(61)52-49-46-43-40-37-34-31-27-24-21-18-15-12-9-6-3/h7,10,16-21,25-28,30-32,35,56H,4-6,8-9,11-15,22-24,29,33-34,36-55H2,1-3H3/b10-7-,19-16-,20-17-,21-18-,28-25-,30-26-,31-27-,35-32-. The highest BCUT2D eigenvalue weighted by atomic mass is 16.6. The van der Waals surface area contributed by atoms with Crippen LogP contribution >= 0.6 is 0 Å². The summed E-state index contributed by atoms with van der Waals surface area (Å²) < 4.78 is 16.8. The van der Waals surface area contributed by atoms with E-state index in [0.29, 0.717) is 19.3 Å². The third-order valence-corrected chi connectivity index (χ3v) is 11.0. The topological polar surface area (TPSA) is 78.9 Å². The van der Waals surface area contributed by atoms with E-state index in [0.717, 1.165) is 148 Å². The first-order valence-corrected chi connectivity index (χ1v) is 26.7. The van der Waals surface area contributed by atoms with Gasteiger partial charge in [0.15, 0.2) is 6.10 Å². The maximum absolute atomic E-state index is 12.8. The molecule has 0 N–H and O–H groups in total. The molecule has 0 fully saturated rings. The summed E-state index contributed by atoms with van der Waals surface area (Å²) >= 11 is 0. The van der Waals surface area contributed by atoms with E-state index >= 15 is 0 Å². The molecule has 6 nitrogen and oxygen atoms in total. The molecule has 0 saturated heterocycles. The number of rotatable bonds is 47. The second-order valence-corrected chi connectivity index (χ2v) is 17.4. The predicted octanol–water partition coefficient (Wildman–Crippen LogP) is 17.8. The van der Waals surface area contributed by atoms with Gasteiger partial charge in [-0.3, -0.25) is 14.4 Å². The fourth-order valence-corrected chi connectivity index (χ4v) is 7.02. The van der Waals surface area contributed by atoms with E-state index in [1.54, 1.807) is 0 Å². The number of hydrogen-bond acceptors (Lipinski definition) is 6. The number of hydrogen-bond donors (Lipinski definition) is 0. The molecule has 0 radical (unpaired) electrons. The lowest BCUT2D eigenvalue weighted by atomic mass is 10.1. The minimum Gasteiger partial charge on any atom is -0.462 e. The van der Waals surface area contributed by atoms with Crippen molar-refractivity contribution in [2.24, 2.45) is 0 Å². The highest BCUT2D eigenvalue weighted by Gasteiger charge is 2.19. The zero-order valence-corrected chi connectivity index (χ0v) is 42.2. The van der Waals surface area contributed by atoms with Crippen LogP contribution in [-0.2, 0) is 28.6 Å². The summed E-state index contributed by atoms with van der Waals surface area (Å²) in [5.74, 6) is -0.952. The van der Waals surface area contributed by atoms with E-state index in [-0.39, 0.29) is 31.1 Å². The molecule has 0 aliphatic carbocycles. The van der Waals surface area contributed by atoms with Gasteiger partial charge in [0.25, 0.3) is 0 Å². The van der Waals surface area contributed by atoms with Gasteiger partial charge < -0.3 is 14.2 Å². The van der Waals surface area contributed by atoms with Gasteiger partial charge in [0.1, 0.15) is 13.2 Å². The van der Waals surface area contributed by atoms with E-state index in [4.69, 9.17) is 14.2 Å². The Kier molecular flexibility index (Phi) is 50.0. The second kappa shape index (κ2) is 52.9. The van der Waals surface area contributed by atoms with Crippen LogP contribution in [0.1, 0.15) is 239 Å². The molecule has 0 unspecified atom stereocenters. The van der Waals surface area contributed by atoms with Crippen LogP contribution in [0.25, 0.3) is 0 Å². The zero-order valence-electron chi connectivity index (χ0n) is 42.2. The number of carbonyl (C=O) groups is 3. The van der Waals surface area contributed by atoms with Crippen molar-refractivity contribution in [1.29, 1.82) is 0 Å². The Labute approximate surface area is 400 Å². The Balaban J connectivity index is 4.50. The maximum atomic E-state index is 12.8. The van der Waals surface area contributed by atoms with Crippen molar-refractivity contribution in [2.45, 2.75) is 245 Å². The first-order chi connectivity index (χ1) is 32.0. The SMILES string of the molecule is CC/C=C\C/C=C\C/C=C\C/C=C\CCCCCCC(=O)OC(COC(=O)CCCCCCC/C=C\C/C=C\CCCCC)COC(=O)CCCCCCC/C=C\C/C=C\CCCCC. The molecule has 0 atom stereocenters. The Morgan fingerprint density at radius 2 is 0.600 bits per heavy atom. The van der Waals surface area contributed by atoms with Crippen LogP contribution in [0.3, 0.4) is 0 Å². The van der Waals surface area contributed by atoms with E-state index in [1.165, 1.54) is 51.4 Å². The van der Waals surface area contributed by atoms with Crippen molar-refractivity contribution < 1.29 is 28.6 Å². The molecule has 0 saturated carbocycles. The summed E-state index contributed by atoms with van der Waals surface area (Å²) in [5, 5.41) is 0. The van der Waals surface area contributed by atoms with Crippen molar-refractivity contribution in [3.63, 3.8) is 0 Å². The number of ether oxygens (including phenoxy) is 3. The van der Waals surface area contributed by atoms with Gasteiger partial charge in [-0.1, -0.05) is 195 Å². The molecule has 65 heavy (non-hydrogen) atoms. The smallest absolute Gasteiger partial charge is 0.306 e. The zero-order chi connectivity index (χ0) is 47.2.